The van der Waals surface area contributed by atoms with Crippen LogP contribution in [0, 0.1) is 0 Å². The van der Waals surface area contributed by atoms with Gasteiger partial charge in [-0.05, 0) is 0 Å². The van der Waals surface area contributed by atoms with E-state index in [0.29, 0.717) is 0 Å². The van der Waals surface area contributed by atoms with Crippen LogP contribution in [0.2, 0.25) is 0 Å². The van der Waals surface area contributed by atoms with Crippen LogP contribution in [0.3, 0.4) is 0 Å². The first-order chi connectivity index (χ1) is 8.24. The Morgan fingerprint density at radius 3 is 2.35 bits per heavy atom. The first kappa shape index (κ1) is 13.1. The Bertz CT molecular complexity index is 416. The Hall–Kier alpha value is 1.15. The summed E-state index contributed by atoms with van der Waals surface area (Å²) in [6.45, 7) is 0. The summed E-state index contributed by atoms with van der Waals surface area (Å²) in [5, 5.41) is 1.62. The van der Waals surface area contributed by atoms with Gasteiger partial charge < -0.3 is 0 Å². The van der Waals surface area contributed by atoms with Crippen LogP contribution in [0.1, 0.15) is 22.0 Å². The number of thiocarbonyl (C=S) groups is 2. The van der Waals surface area contributed by atoms with Crippen molar-refractivity contribution in [3.05, 3.63) is 19.3 Å². The zero-order valence-electron chi connectivity index (χ0n) is 9.18. The third-order valence-electron chi connectivity index (χ3n) is 2.85. The predicted molar refractivity (Wildman–Crippen MR) is 88.5 cm³/mol. The van der Waals surface area contributed by atoms with Gasteiger partial charge in [-0.3, -0.25) is 0 Å². The molecule has 2 aliphatic heterocycles. The topological polar surface area (TPSA) is 0 Å². The van der Waals surface area contributed by atoms with Crippen LogP contribution in [0.25, 0.3) is 0 Å². The van der Waals surface area contributed by atoms with Crippen molar-refractivity contribution in [3.8, 4) is 0 Å². The Morgan fingerprint density at radius 2 is 1.76 bits per heavy atom. The van der Waals surface area contributed by atoms with Gasteiger partial charge in [-0.1, -0.05) is 0 Å². The summed E-state index contributed by atoms with van der Waals surface area (Å²) in [7, 11) is 0. The molecule has 1 aromatic heterocycles. The van der Waals surface area contributed by atoms with Gasteiger partial charge in [-0.2, -0.15) is 0 Å². The summed E-state index contributed by atoms with van der Waals surface area (Å²) in [6.07, 6.45) is 2.21. The van der Waals surface area contributed by atoms with Crippen molar-refractivity contribution in [1.82, 2.24) is 0 Å². The van der Waals surface area contributed by atoms with E-state index in [-0.39, 0.29) is 20.4 Å². The van der Waals surface area contributed by atoms with Crippen LogP contribution < -0.4 is 0 Å². The molecule has 3 rings (SSSR count). The standard InChI is InChI=1S/C12H12S4Te/c13-10(3-7-5-15-7)9-1-2-17-12(9)11(14)4-8-6-16-8/h1-2,7-8H,3-6H2. The summed E-state index contributed by atoms with van der Waals surface area (Å²) in [6, 6.07) is 2.25. The molecule has 2 aliphatic rings. The Morgan fingerprint density at radius 1 is 1.18 bits per heavy atom. The first-order valence-corrected chi connectivity index (χ1v) is 11.0. The molecular weight excluding hydrogens is 400 g/mol. The van der Waals surface area contributed by atoms with Gasteiger partial charge >= 0.3 is 132 Å². The van der Waals surface area contributed by atoms with Crippen molar-refractivity contribution in [2.75, 3.05) is 11.5 Å². The number of thioether (sulfide) groups is 2. The van der Waals surface area contributed by atoms with Crippen molar-refractivity contribution < 1.29 is 0 Å². The summed E-state index contributed by atoms with van der Waals surface area (Å²) in [5.41, 5.74) is 1.34. The molecular formula is C12H12S4Te. The van der Waals surface area contributed by atoms with E-state index in [2.05, 4.69) is 10.1 Å². The summed E-state index contributed by atoms with van der Waals surface area (Å²) in [4.78, 5) is 2.38. The van der Waals surface area contributed by atoms with E-state index in [0.717, 1.165) is 23.3 Å². The second-order valence-corrected chi connectivity index (χ2v) is 10.6. The molecule has 2 unspecified atom stereocenters. The minimum atomic E-state index is -0.174. The number of hydrogen-bond acceptors (Lipinski definition) is 4. The van der Waals surface area contributed by atoms with Gasteiger partial charge in [0.15, 0.2) is 0 Å². The summed E-state index contributed by atoms with van der Waals surface area (Å²) < 4.78 is 3.82. The van der Waals surface area contributed by atoms with Crippen molar-refractivity contribution in [3.63, 3.8) is 0 Å². The molecule has 5 heteroatoms. The predicted octanol–water partition coefficient (Wildman–Crippen LogP) is 3.19. The molecule has 17 heavy (non-hydrogen) atoms. The maximum atomic E-state index is 5.61. The molecule has 2 saturated heterocycles. The first-order valence-electron chi connectivity index (χ1n) is 5.61. The Balaban J connectivity index is 1.72. The fraction of sp³-hybridized carbons (Fsp3) is 0.500. The van der Waals surface area contributed by atoms with Crippen molar-refractivity contribution in [2.45, 2.75) is 23.3 Å². The number of hydrogen-bond donors (Lipinski definition) is 0. The van der Waals surface area contributed by atoms with Gasteiger partial charge in [0.1, 0.15) is 0 Å². The normalized spacial score (nSPS) is 25.6. The molecule has 90 valence electrons. The molecule has 0 saturated carbocycles. The second-order valence-electron chi connectivity index (χ2n) is 4.33. The SMILES string of the molecule is S=C(CC1CS1)c1cc[te]c1C(=S)CC1CS1. The number of rotatable bonds is 6. The van der Waals surface area contributed by atoms with E-state index in [4.69, 9.17) is 24.4 Å². The van der Waals surface area contributed by atoms with Gasteiger partial charge in [0.05, 0.1) is 0 Å². The van der Waals surface area contributed by atoms with Gasteiger partial charge in [-0.15, -0.1) is 0 Å². The Kier molecular flexibility index (Phi) is 4.37. The third-order valence-corrected chi connectivity index (χ3v) is 8.73. The van der Waals surface area contributed by atoms with Crippen molar-refractivity contribution >= 4 is 78.1 Å². The molecule has 0 aliphatic carbocycles. The molecule has 0 bridgehead atoms. The molecule has 0 N–H and O–H groups in total. The average molecular weight is 412 g/mol. The molecule has 2 fully saturated rings. The van der Waals surface area contributed by atoms with Crippen LogP contribution in [-0.2, 0) is 0 Å². The van der Waals surface area contributed by atoms with Crippen LogP contribution in [-0.4, -0.2) is 52.2 Å². The summed E-state index contributed by atoms with van der Waals surface area (Å²) >= 11 is 15.1. The molecule has 0 spiro atoms. The van der Waals surface area contributed by atoms with E-state index < -0.39 is 0 Å². The average Bonchev–Trinajstić information content (AvgIpc) is 3.21. The zero-order chi connectivity index (χ0) is 11.8. The molecule has 0 aromatic carbocycles. The molecule has 0 amide bonds. The van der Waals surface area contributed by atoms with E-state index in [1.807, 2.05) is 23.5 Å². The molecule has 3 heterocycles. The zero-order valence-corrected chi connectivity index (χ0v) is 14.8. The van der Waals surface area contributed by atoms with Crippen LogP contribution in [0.5, 0.6) is 0 Å². The summed E-state index contributed by atoms with van der Waals surface area (Å²) in [5.74, 6) is 2.60. The van der Waals surface area contributed by atoms with Crippen molar-refractivity contribution in [1.29, 1.82) is 0 Å². The van der Waals surface area contributed by atoms with E-state index in [9.17, 15) is 0 Å². The molecule has 1 aromatic rings. The molecule has 0 radical (unpaired) electrons. The fourth-order valence-electron chi connectivity index (χ4n) is 1.73. The Labute approximate surface area is 131 Å². The van der Waals surface area contributed by atoms with Crippen LogP contribution in [0.15, 0.2) is 10.1 Å². The molecule has 0 nitrogen and oxygen atoms in total. The molecule has 2 atom stereocenters. The van der Waals surface area contributed by atoms with E-state index >= 15 is 0 Å². The van der Waals surface area contributed by atoms with Gasteiger partial charge in [0, 0.05) is 0 Å². The second kappa shape index (κ2) is 5.64. The van der Waals surface area contributed by atoms with Gasteiger partial charge in [0.2, 0.25) is 0 Å². The monoisotopic (exact) mass is 414 g/mol. The van der Waals surface area contributed by atoms with E-state index in [1.54, 1.807) is 0 Å². The van der Waals surface area contributed by atoms with Crippen LogP contribution in [0.4, 0.5) is 0 Å². The van der Waals surface area contributed by atoms with E-state index in [1.165, 1.54) is 30.4 Å². The maximum absolute atomic E-state index is 5.61. The fourth-order valence-corrected chi connectivity index (χ4v) is 6.72. The van der Waals surface area contributed by atoms with Gasteiger partial charge in [-0.25, -0.2) is 0 Å². The minimum absolute atomic E-state index is 0.174. The van der Waals surface area contributed by atoms with Crippen LogP contribution >= 0.6 is 48.0 Å². The van der Waals surface area contributed by atoms with Crippen molar-refractivity contribution in [2.24, 2.45) is 0 Å². The quantitative estimate of drug-likeness (QED) is 0.305. The van der Waals surface area contributed by atoms with Gasteiger partial charge in [0.25, 0.3) is 0 Å². The third kappa shape index (κ3) is 3.58.